The zero-order chi connectivity index (χ0) is 16.8. The van der Waals surface area contributed by atoms with Crippen molar-refractivity contribution in [2.24, 2.45) is 4.99 Å². The van der Waals surface area contributed by atoms with Crippen molar-refractivity contribution >= 4 is 39.4 Å². The van der Waals surface area contributed by atoms with Crippen LogP contribution in [0.4, 0.5) is 5.69 Å². The Bertz CT molecular complexity index is 829. The highest BCUT2D eigenvalue weighted by Gasteiger charge is 2.00. The van der Waals surface area contributed by atoms with E-state index >= 15 is 0 Å². The molecular weight excluding hydrogens is 386 g/mol. The number of rotatable bonds is 5. The summed E-state index contributed by atoms with van der Waals surface area (Å²) in [6, 6.07) is 23.4. The Kier molecular flexibility index (Phi) is 5.68. The molecule has 0 amide bonds. The lowest BCUT2D eigenvalue weighted by molar-refractivity contribution is 0.306. The molecule has 0 N–H and O–H groups in total. The number of aliphatic imine (C=N–C) groups is 1. The maximum absolute atomic E-state index is 6.12. The molecular formula is C20H15BrClNO. The zero-order valence-electron chi connectivity index (χ0n) is 12.8. The van der Waals surface area contributed by atoms with Gasteiger partial charge in [-0.25, -0.2) is 0 Å². The Labute approximate surface area is 154 Å². The van der Waals surface area contributed by atoms with Gasteiger partial charge in [-0.1, -0.05) is 45.7 Å². The molecule has 0 aromatic heterocycles. The van der Waals surface area contributed by atoms with Gasteiger partial charge in [0, 0.05) is 21.3 Å². The maximum Gasteiger partial charge on any atom is 0.119 e. The Morgan fingerprint density at radius 1 is 0.917 bits per heavy atom. The summed E-state index contributed by atoms with van der Waals surface area (Å²) < 4.78 is 6.81. The van der Waals surface area contributed by atoms with Gasteiger partial charge >= 0.3 is 0 Å². The van der Waals surface area contributed by atoms with E-state index < -0.39 is 0 Å². The molecule has 0 fully saturated rings. The first-order chi connectivity index (χ1) is 11.7. The molecule has 0 aliphatic carbocycles. The molecule has 3 rings (SSSR count). The number of hydrogen-bond donors (Lipinski definition) is 0. The Hall–Kier alpha value is -2.10. The average Bonchev–Trinajstić information content (AvgIpc) is 2.61. The van der Waals surface area contributed by atoms with Crippen molar-refractivity contribution in [3.8, 4) is 5.75 Å². The van der Waals surface area contributed by atoms with Crippen LogP contribution < -0.4 is 4.74 Å². The molecule has 0 saturated carbocycles. The van der Waals surface area contributed by atoms with Crippen molar-refractivity contribution in [1.82, 2.24) is 0 Å². The summed E-state index contributed by atoms with van der Waals surface area (Å²) in [6.07, 6.45) is 1.83. The molecule has 24 heavy (non-hydrogen) atoms. The summed E-state index contributed by atoms with van der Waals surface area (Å²) in [7, 11) is 0. The van der Waals surface area contributed by atoms with Crippen molar-refractivity contribution in [1.29, 1.82) is 0 Å². The van der Waals surface area contributed by atoms with Gasteiger partial charge in [0.2, 0.25) is 0 Å². The summed E-state index contributed by atoms with van der Waals surface area (Å²) in [6.45, 7) is 0.450. The summed E-state index contributed by atoms with van der Waals surface area (Å²) in [4.78, 5) is 4.45. The van der Waals surface area contributed by atoms with Crippen LogP contribution in [0, 0.1) is 0 Å². The standard InChI is InChI=1S/C20H15BrClNO/c21-17-7-9-18(10-8-17)23-13-15-5-11-19(12-6-15)24-14-16-3-1-2-4-20(16)22/h1-13H,14H2. The first-order valence-corrected chi connectivity index (χ1v) is 8.64. The largest absolute Gasteiger partial charge is 0.489 e. The van der Waals surface area contributed by atoms with Crippen LogP contribution in [0.15, 0.2) is 82.3 Å². The van der Waals surface area contributed by atoms with E-state index in [9.17, 15) is 0 Å². The molecule has 0 spiro atoms. The van der Waals surface area contributed by atoms with Gasteiger partial charge in [0.1, 0.15) is 12.4 Å². The lowest BCUT2D eigenvalue weighted by atomic mass is 10.2. The lowest BCUT2D eigenvalue weighted by Crippen LogP contribution is -1.96. The summed E-state index contributed by atoms with van der Waals surface area (Å²) in [5, 5.41) is 0.718. The van der Waals surface area contributed by atoms with Crippen LogP contribution in [0.2, 0.25) is 5.02 Å². The van der Waals surface area contributed by atoms with Crippen LogP contribution in [0.5, 0.6) is 5.75 Å². The highest BCUT2D eigenvalue weighted by molar-refractivity contribution is 9.10. The summed E-state index contributed by atoms with van der Waals surface area (Å²) in [5.41, 5.74) is 2.90. The summed E-state index contributed by atoms with van der Waals surface area (Å²) in [5.74, 6) is 0.802. The number of nitrogens with zero attached hydrogens (tertiary/aromatic N) is 1. The van der Waals surface area contributed by atoms with E-state index in [-0.39, 0.29) is 0 Å². The van der Waals surface area contributed by atoms with Crippen molar-refractivity contribution < 1.29 is 4.74 Å². The molecule has 120 valence electrons. The van der Waals surface area contributed by atoms with E-state index in [4.69, 9.17) is 16.3 Å². The first-order valence-electron chi connectivity index (χ1n) is 7.46. The third kappa shape index (κ3) is 4.70. The monoisotopic (exact) mass is 399 g/mol. The topological polar surface area (TPSA) is 21.6 Å². The van der Waals surface area contributed by atoms with Crippen molar-refractivity contribution in [2.45, 2.75) is 6.61 Å². The normalized spacial score (nSPS) is 10.9. The van der Waals surface area contributed by atoms with Crippen LogP contribution in [0.25, 0.3) is 0 Å². The van der Waals surface area contributed by atoms with Gasteiger partial charge in [0.15, 0.2) is 0 Å². The van der Waals surface area contributed by atoms with Crippen molar-refractivity contribution in [3.63, 3.8) is 0 Å². The smallest absolute Gasteiger partial charge is 0.119 e. The van der Waals surface area contributed by atoms with Crippen LogP contribution >= 0.6 is 27.5 Å². The van der Waals surface area contributed by atoms with Crippen molar-refractivity contribution in [3.05, 3.63) is 93.4 Å². The predicted octanol–water partition coefficient (Wildman–Crippen LogP) is 6.43. The van der Waals surface area contributed by atoms with E-state index in [2.05, 4.69) is 20.9 Å². The highest BCUT2D eigenvalue weighted by atomic mass is 79.9. The SMILES string of the molecule is Clc1ccccc1COc1ccc(C=Nc2ccc(Br)cc2)cc1. The third-order valence-corrected chi connectivity index (χ3v) is 4.32. The summed E-state index contributed by atoms with van der Waals surface area (Å²) >= 11 is 9.54. The van der Waals surface area contributed by atoms with E-state index in [1.165, 1.54) is 0 Å². The number of benzene rings is 3. The van der Waals surface area contributed by atoms with Gasteiger partial charge in [-0.3, -0.25) is 4.99 Å². The molecule has 0 bridgehead atoms. The minimum Gasteiger partial charge on any atom is -0.489 e. The minimum absolute atomic E-state index is 0.450. The van der Waals surface area contributed by atoms with Gasteiger partial charge < -0.3 is 4.74 Å². The average molecular weight is 401 g/mol. The van der Waals surface area contributed by atoms with Gasteiger partial charge in [-0.05, 0) is 60.2 Å². The second-order valence-corrected chi connectivity index (χ2v) is 6.51. The Morgan fingerprint density at radius 2 is 1.62 bits per heavy atom. The van der Waals surface area contributed by atoms with Crippen LogP contribution in [-0.2, 0) is 6.61 Å². The molecule has 0 unspecified atom stereocenters. The maximum atomic E-state index is 6.12. The molecule has 2 nitrogen and oxygen atoms in total. The van der Waals surface area contributed by atoms with Gasteiger partial charge in [-0.15, -0.1) is 0 Å². The molecule has 4 heteroatoms. The third-order valence-electron chi connectivity index (χ3n) is 3.42. The fourth-order valence-corrected chi connectivity index (χ4v) is 2.56. The molecule has 0 aliphatic heterocycles. The Morgan fingerprint density at radius 3 is 2.33 bits per heavy atom. The predicted molar refractivity (Wildman–Crippen MR) is 104 cm³/mol. The quantitative estimate of drug-likeness (QED) is 0.452. The molecule has 0 radical (unpaired) electrons. The van der Waals surface area contributed by atoms with Gasteiger partial charge in [0.25, 0.3) is 0 Å². The number of ether oxygens (including phenoxy) is 1. The highest BCUT2D eigenvalue weighted by Crippen LogP contribution is 2.19. The van der Waals surface area contributed by atoms with Crippen LogP contribution in [0.3, 0.4) is 0 Å². The van der Waals surface area contributed by atoms with Crippen molar-refractivity contribution in [2.75, 3.05) is 0 Å². The molecule has 3 aromatic carbocycles. The molecule has 3 aromatic rings. The van der Waals surface area contributed by atoms with Gasteiger partial charge in [-0.2, -0.15) is 0 Å². The second-order valence-electron chi connectivity index (χ2n) is 5.18. The fourth-order valence-electron chi connectivity index (χ4n) is 2.10. The zero-order valence-corrected chi connectivity index (χ0v) is 15.2. The van der Waals surface area contributed by atoms with E-state index in [1.54, 1.807) is 0 Å². The minimum atomic E-state index is 0.450. The van der Waals surface area contributed by atoms with Crippen LogP contribution in [0.1, 0.15) is 11.1 Å². The first kappa shape index (κ1) is 16.7. The lowest BCUT2D eigenvalue weighted by Gasteiger charge is -2.07. The second kappa shape index (κ2) is 8.13. The molecule has 0 heterocycles. The number of halogens is 2. The Balaban J connectivity index is 1.61. The fraction of sp³-hybridized carbons (Fsp3) is 0.0500. The van der Waals surface area contributed by atoms with Crippen LogP contribution in [-0.4, -0.2) is 6.21 Å². The van der Waals surface area contributed by atoms with E-state index in [0.717, 1.165) is 32.1 Å². The van der Waals surface area contributed by atoms with Gasteiger partial charge in [0.05, 0.1) is 5.69 Å². The van der Waals surface area contributed by atoms with E-state index in [0.29, 0.717) is 6.61 Å². The molecule has 0 aliphatic rings. The number of hydrogen-bond acceptors (Lipinski definition) is 2. The molecule has 0 saturated heterocycles. The van der Waals surface area contributed by atoms with E-state index in [1.807, 2.05) is 79.0 Å². The molecule has 0 atom stereocenters.